The van der Waals surface area contributed by atoms with Crippen LogP contribution >= 0.6 is 15.9 Å². The molecule has 3 unspecified atom stereocenters. The molecule has 158 valence electrons. The van der Waals surface area contributed by atoms with Crippen LogP contribution in [0.2, 0.25) is 0 Å². The third kappa shape index (κ3) is 5.85. The van der Waals surface area contributed by atoms with Gasteiger partial charge in [-0.25, -0.2) is 0 Å². The summed E-state index contributed by atoms with van der Waals surface area (Å²) >= 11 is 3.65. The fourth-order valence-electron chi connectivity index (χ4n) is 3.66. The minimum Gasteiger partial charge on any atom is -0.386 e. The maximum Gasteiger partial charge on any atom is 0.117 e. The van der Waals surface area contributed by atoms with E-state index in [0.29, 0.717) is 5.70 Å². The number of benzene rings is 3. The molecule has 0 aromatic heterocycles. The summed E-state index contributed by atoms with van der Waals surface area (Å²) in [6.07, 6.45) is 2.09. The van der Waals surface area contributed by atoms with Crippen molar-refractivity contribution in [3.8, 4) is 6.07 Å². The number of hydrogen-bond donors (Lipinski definition) is 1. The second-order valence-electron chi connectivity index (χ2n) is 7.68. The van der Waals surface area contributed by atoms with Crippen LogP contribution in [0.1, 0.15) is 35.6 Å². The Labute approximate surface area is 193 Å². The normalized spacial score (nSPS) is 14.4. The summed E-state index contributed by atoms with van der Waals surface area (Å²) in [6.45, 7) is 1.94. The highest BCUT2D eigenvalue weighted by molar-refractivity contribution is 9.10. The number of aliphatic hydroxyl groups is 1. The zero-order chi connectivity index (χ0) is 22.2. The lowest BCUT2D eigenvalue weighted by Crippen LogP contribution is -2.33. The highest BCUT2D eigenvalue weighted by Gasteiger charge is 2.23. The second kappa shape index (κ2) is 10.9. The zero-order valence-electron chi connectivity index (χ0n) is 17.8. The van der Waals surface area contributed by atoms with E-state index in [-0.39, 0.29) is 12.0 Å². The van der Waals surface area contributed by atoms with Crippen LogP contribution in [0.3, 0.4) is 0 Å². The van der Waals surface area contributed by atoms with Gasteiger partial charge in [-0.3, -0.25) is 0 Å². The van der Waals surface area contributed by atoms with Gasteiger partial charge >= 0.3 is 0 Å². The van der Waals surface area contributed by atoms with Gasteiger partial charge < -0.3 is 10.0 Å². The minimum atomic E-state index is -0.693. The van der Waals surface area contributed by atoms with Crippen molar-refractivity contribution in [3.63, 3.8) is 0 Å². The maximum absolute atomic E-state index is 10.8. The van der Waals surface area contributed by atoms with Gasteiger partial charge in [0.25, 0.3) is 0 Å². The Morgan fingerprint density at radius 1 is 0.968 bits per heavy atom. The minimum absolute atomic E-state index is 0.0260. The van der Waals surface area contributed by atoms with Gasteiger partial charge in [0.1, 0.15) is 11.8 Å². The summed E-state index contributed by atoms with van der Waals surface area (Å²) in [5, 5.41) is 20.8. The molecule has 0 spiro atoms. The summed E-state index contributed by atoms with van der Waals surface area (Å²) < 4.78 is 1.06. The molecule has 0 aliphatic rings. The van der Waals surface area contributed by atoms with E-state index in [2.05, 4.69) is 40.2 Å². The van der Waals surface area contributed by atoms with Crippen molar-refractivity contribution in [1.82, 2.24) is 4.90 Å². The lowest BCUT2D eigenvalue weighted by Gasteiger charge is -2.31. The average molecular weight is 475 g/mol. The lowest BCUT2D eigenvalue weighted by atomic mass is 9.90. The summed E-state index contributed by atoms with van der Waals surface area (Å²) in [5.74, 6) is 0.0260. The third-order valence-corrected chi connectivity index (χ3v) is 6.46. The molecule has 0 saturated heterocycles. The van der Waals surface area contributed by atoms with Crippen LogP contribution in [0.25, 0.3) is 0 Å². The molecule has 31 heavy (non-hydrogen) atoms. The van der Waals surface area contributed by atoms with E-state index in [1.807, 2.05) is 91.7 Å². The van der Waals surface area contributed by atoms with Gasteiger partial charge in [0.05, 0.1) is 12.1 Å². The molecule has 0 aliphatic heterocycles. The van der Waals surface area contributed by atoms with Crippen molar-refractivity contribution in [1.29, 1.82) is 5.26 Å². The molecule has 3 nitrogen and oxygen atoms in total. The molecule has 3 aromatic carbocycles. The number of nitriles is 1. The van der Waals surface area contributed by atoms with Crippen LogP contribution in [0.15, 0.2) is 101 Å². The molecular formula is C27H27BrN2O. The summed E-state index contributed by atoms with van der Waals surface area (Å²) in [7, 11) is 1.87. The van der Waals surface area contributed by atoms with E-state index in [1.54, 1.807) is 0 Å². The Morgan fingerprint density at radius 2 is 1.52 bits per heavy atom. The van der Waals surface area contributed by atoms with E-state index < -0.39 is 6.10 Å². The largest absolute Gasteiger partial charge is 0.386 e. The number of allylic oxidation sites excluding steroid dienone is 2. The SMILES string of the molecule is CC(C(O)c1ccccc1)N(C)/C(C#N)=C/C(Cc1ccccc1Br)c1ccccc1. The molecule has 4 heteroatoms. The van der Waals surface area contributed by atoms with Gasteiger partial charge in [0, 0.05) is 17.4 Å². The first-order valence-corrected chi connectivity index (χ1v) is 11.2. The number of halogens is 1. The van der Waals surface area contributed by atoms with E-state index in [9.17, 15) is 10.4 Å². The monoisotopic (exact) mass is 474 g/mol. The Morgan fingerprint density at radius 3 is 2.10 bits per heavy atom. The first-order valence-electron chi connectivity index (χ1n) is 10.4. The molecule has 0 aliphatic carbocycles. The Balaban J connectivity index is 1.91. The van der Waals surface area contributed by atoms with Crippen LogP contribution in [0.5, 0.6) is 0 Å². The number of aliphatic hydroxyl groups excluding tert-OH is 1. The van der Waals surface area contributed by atoms with Crippen LogP contribution < -0.4 is 0 Å². The van der Waals surface area contributed by atoms with Crippen LogP contribution in [0.4, 0.5) is 0 Å². The van der Waals surface area contributed by atoms with Gasteiger partial charge in [-0.05, 0) is 42.2 Å². The maximum atomic E-state index is 10.8. The predicted octanol–water partition coefficient (Wildman–Crippen LogP) is 6.24. The molecule has 0 radical (unpaired) electrons. The molecule has 1 N–H and O–H groups in total. The van der Waals surface area contributed by atoms with Crippen molar-refractivity contribution in [2.24, 2.45) is 0 Å². The van der Waals surface area contributed by atoms with E-state index in [0.717, 1.165) is 22.0 Å². The second-order valence-corrected chi connectivity index (χ2v) is 8.54. The highest BCUT2D eigenvalue weighted by Crippen LogP contribution is 2.29. The van der Waals surface area contributed by atoms with Crippen molar-refractivity contribution in [3.05, 3.63) is 118 Å². The van der Waals surface area contributed by atoms with E-state index >= 15 is 0 Å². The lowest BCUT2D eigenvalue weighted by molar-refractivity contribution is 0.0911. The first-order chi connectivity index (χ1) is 15.0. The number of nitrogens with zero attached hydrogens (tertiary/aromatic N) is 2. The number of rotatable bonds is 8. The Bertz CT molecular complexity index is 1040. The summed E-state index contributed by atoms with van der Waals surface area (Å²) in [6, 6.07) is 30.1. The summed E-state index contributed by atoms with van der Waals surface area (Å²) in [5.41, 5.74) is 3.72. The molecular weight excluding hydrogens is 448 g/mol. The van der Waals surface area contributed by atoms with Gasteiger partial charge in [-0.1, -0.05) is 94.8 Å². The van der Waals surface area contributed by atoms with E-state index in [1.165, 1.54) is 5.56 Å². The molecule has 3 aromatic rings. The molecule has 0 saturated carbocycles. The molecule has 0 heterocycles. The van der Waals surface area contributed by atoms with Crippen LogP contribution in [-0.4, -0.2) is 23.1 Å². The van der Waals surface area contributed by atoms with Crippen molar-refractivity contribution < 1.29 is 5.11 Å². The molecule has 0 bridgehead atoms. The molecule has 3 rings (SSSR count). The van der Waals surface area contributed by atoms with Crippen LogP contribution in [-0.2, 0) is 6.42 Å². The zero-order valence-corrected chi connectivity index (χ0v) is 19.4. The number of hydrogen-bond acceptors (Lipinski definition) is 3. The standard InChI is InChI=1S/C27H27BrN2O/c1-20(27(31)22-13-7-4-8-14-22)30(2)25(19-29)18-24(21-11-5-3-6-12-21)17-23-15-9-10-16-26(23)28/h3-16,18,20,24,27,31H,17H2,1-2H3/b25-18+. The highest BCUT2D eigenvalue weighted by atomic mass is 79.9. The molecule has 0 amide bonds. The Kier molecular flexibility index (Phi) is 8.06. The van der Waals surface area contributed by atoms with Gasteiger partial charge in [0.15, 0.2) is 0 Å². The fraction of sp³-hybridized carbons (Fsp3) is 0.222. The quantitative estimate of drug-likeness (QED) is 0.393. The molecule has 0 fully saturated rings. The van der Waals surface area contributed by atoms with Crippen molar-refractivity contribution >= 4 is 15.9 Å². The number of likely N-dealkylation sites (N-methyl/N-ethyl adjacent to an activating group) is 1. The smallest absolute Gasteiger partial charge is 0.117 e. The van der Waals surface area contributed by atoms with Crippen molar-refractivity contribution in [2.75, 3.05) is 7.05 Å². The van der Waals surface area contributed by atoms with Gasteiger partial charge in [-0.2, -0.15) is 5.26 Å². The molecule has 3 atom stereocenters. The third-order valence-electron chi connectivity index (χ3n) is 5.69. The topological polar surface area (TPSA) is 47.3 Å². The van der Waals surface area contributed by atoms with Crippen LogP contribution in [0, 0.1) is 11.3 Å². The predicted molar refractivity (Wildman–Crippen MR) is 129 cm³/mol. The Hall–Kier alpha value is -2.87. The summed E-state index contributed by atoms with van der Waals surface area (Å²) in [4.78, 5) is 1.87. The van der Waals surface area contributed by atoms with Gasteiger partial charge in [0.2, 0.25) is 0 Å². The van der Waals surface area contributed by atoms with E-state index in [4.69, 9.17) is 0 Å². The van der Waals surface area contributed by atoms with Crippen molar-refractivity contribution in [2.45, 2.75) is 31.4 Å². The van der Waals surface area contributed by atoms with Gasteiger partial charge in [-0.15, -0.1) is 0 Å². The first kappa shape index (κ1) is 22.8. The average Bonchev–Trinajstić information content (AvgIpc) is 2.82. The fourth-order valence-corrected chi connectivity index (χ4v) is 4.10.